The first-order valence-corrected chi connectivity index (χ1v) is 7.91. The zero-order chi connectivity index (χ0) is 13.9. The third kappa shape index (κ3) is 2.81. The Labute approximate surface area is 124 Å². The lowest BCUT2D eigenvalue weighted by Gasteiger charge is -2.26. The topological polar surface area (TPSA) is 34.0 Å². The molecule has 0 saturated carbocycles. The number of hydrogen-bond donors (Lipinski definition) is 0. The molecule has 4 nitrogen and oxygen atoms in total. The lowest BCUT2D eigenvalue weighted by atomic mass is 10.1. The molecule has 0 unspecified atom stereocenters. The van der Waals surface area contributed by atoms with Crippen LogP contribution in [0, 0.1) is 6.92 Å². The van der Waals surface area contributed by atoms with Crippen molar-refractivity contribution in [3.63, 3.8) is 0 Å². The zero-order valence-corrected chi connectivity index (χ0v) is 12.7. The van der Waals surface area contributed by atoms with Crippen LogP contribution >= 0.6 is 11.6 Å². The summed E-state index contributed by atoms with van der Waals surface area (Å²) in [7, 11) is 0. The number of piperidine rings is 1. The first-order valence-electron chi connectivity index (χ1n) is 7.38. The maximum Gasteiger partial charge on any atom is 0.160 e. The van der Waals surface area contributed by atoms with Gasteiger partial charge < -0.3 is 9.47 Å². The van der Waals surface area contributed by atoms with E-state index < -0.39 is 0 Å². The number of fused-ring (bicyclic) bond motifs is 1. The van der Waals surface area contributed by atoms with Crippen molar-refractivity contribution in [3.05, 3.63) is 23.7 Å². The van der Waals surface area contributed by atoms with Crippen molar-refractivity contribution in [2.24, 2.45) is 0 Å². The van der Waals surface area contributed by atoms with E-state index in [1.165, 1.54) is 32.4 Å². The van der Waals surface area contributed by atoms with Crippen LogP contribution in [0.5, 0.6) is 0 Å². The maximum atomic E-state index is 6.04. The third-order valence-corrected chi connectivity index (χ3v) is 4.25. The van der Waals surface area contributed by atoms with Crippen LogP contribution in [-0.4, -0.2) is 39.1 Å². The lowest BCUT2D eigenvalue weighted by Crippen LogP contribution is -2.32. The van der Waals surface area contributed by atoms with Gasteiger partial charge in [-0.2, -0.15) is 0 Å². The molecule has 5 heteroatoms. The molecule has 0 atom stereocenters. The number of halogens is 1. The Morgan fingerprint density at radius 1 is 1.20 bits per heavy atom. The molecule has 20 heavy (non-hydrogen) atoms. The molecule has 3 rings (SSSR count). The van der Waals surface area contributed by atoms with E-state index in [2.05, 4.69) is 25.5 Å². The summed E-state index contributed by atoms with van der Waals surface area (Å²) < 4.78 is 2.18. The summed E-state index contributed by atoms with van der Waals surface area (Å²) in [5, 5.41) is 0. The Morgan fingerprint density at radius 2 is 2.00 bits per heavy atom. The van der Waals surface area contributed by atoms with E-state index in [4.69, 9.17) is 11.6 Å². The molecule has 3 heterocycles. The standard InChI is InChI=1S/C15H21ClN4/c1-12-9-13-15(17-11-12)20(14(10-16)18-13)8-7-19-5-3-2-4-6-19/h9,11H,2-8,10H2,1H3. The molecule has 0 radical (unpaired) electrons. The second-order valence-electron chi connectivity index (χ2n) is 5.57. The highest BCUT2D eigenvalue weighted by atomic mass is 35.5. The maximum absolute atomic E-state index is 6.04. The molecule has 1 fully saturated rings. The quantitative estimate of drug-likeness (QED) is 0.813. The molecule has 0 bridgehead atoms. The molecule has 1 aliphatic rings. The van der Waals surface area contributed by atoms with Gasteiger partial charge in [0.15, 0.2) is 5.65 Å². The highest BCUT2D eigenvalue weighted by Gasteiger charge is 2.14. The SMILES string of the molecule is Cc1cnc2c(c1)nc(CCl)n2CCN1CCCCC1. The fourth-order valence-electron chi connectivity index (χ4n) is 2.92. The molecule has 0 aliphatic carbocycles. The molecular formula is C15H21ClN4. The Bertz CT molecular complexity index is 587. The highest BCUT2D eigenvalue weighted by molar-refractivity contribution is 6.16. The van der Waals surface area contributed by atoms with Crippen molar-refractivity contribution >= 4 is 22.8 Å². The summed E-state index contributed by atoms with van der Waals surface area (Å²) in [6.07, 6.45) is 5.92. The van der Waals surface area contributed by atoms with Crippen LogP contribution in [0.2, 0.25) is 0 Å². The summed E-state index contributed by atoms with van der Waals surface area (Å²) in [5.74, 6) is 1.37. The molecule has 2 aromatic rings. The van der Waals surface area contributed by atoms with E-state index in [9.17, 15) is 0 Å². The molecule has 2 aromatic heterocycles. The summed E-state index contributed by atoms with van der Waals surface area (Å²) in [5.41, 5.74) is 3.06. The number of hydrogen-bond acceptors (Lipinski definition) is 3. The van der Waals surface area contributed by atoms with Crippen LogP contribution in [0.25, 0.3) is 11.2 Å². The van der Waals surface area contributed by atoms with E-state index >= 15 is 0 Å². The van der Waals surface area contributed by atoms with Crippen LogP contribution in [0.4, 0.5) is 0 Å². The van der Waals surface area contributed by atoms with E-state index in [-0.39, 0.29) is 0 Å². The van der Waals surface area contributed by atoms with Crippen molar-refractivity contribution in [1.82, 2.24) is 19.4 Å². The summed E-state index contributed by atoms with van der Waals surface area (Å²) >= 11 is 6.04. The Kier molecular flexibility index (Phi) is 4.22. The Balaban J connectivity index is 1.81. The van der Waals surface area contributed by atoms with Gasteiger partial charge >= 0.3 is 0 Å². The van der Waals surface area contributed by atoms with Gasteiger partial charge in [-0.15, -0.1) is 11.6 Å². The van der Waals surface area contributed by atoms with Crippen LogP contribution in [0.3, 0.4) is 0 Å². The van der Waals surface area contributed by atoms with Crippen molar-refractivity contribution < 1.29 is 0 Å². The highest BCUT2D eigenvalue weighted by Crippen LogP contribution is 2.17. The van der Waals surface area contributed by atoms with Gasteiger partial charge in [0.2, 0.25) is 0 Å². The summed E-state index contributed by atoms with van der Waals surface area (Å²) in [6.45, 7) is 6.46. The predicted molar refractivity (Wildman–Crippen MR) is 82.1 cm³/mol. The van der Waals surface area contributed by atoms with Crippen molar-refractivity contribution in [1.29, 1.82) is 0 Å². The molecule has 1 saturated heterocycles. The second-order valence-corrected chi connectivity index (χ2v) is 5.84. The molecule has 0 aromatic carbocycles. The normalized spacial score (nSPS) is 16.9. The number of pyridine rings is 1. The second kappa shape index (κ2) is 6.10. The number of aromatic nitrogens is 3. The van der Waals surface area contributed by atoms with Crippen molar-refractivity contribution in [3.8, 4) is 0 Å². The van der Waals surface area contributed by atoms with Gasteiger partial charge in [-0.3, -0.25) is 0 Å². The van der Waals surface area contributed by atoms with E-state index in [1.54, 1.807) is 0 Å². The monoisotopic (exact) mass is 292 g/mol. The minimum absolute atomic E-state index is 0.440. The van der Waals surface area contributed by atoms with E-state index in [1.807, 2.05) is 13.1 Å². The fraction of sp³-hybridized carbons (Fsp3) is 0.600. The Hall–Kier alpha value is -1.13. The first-order chi connectivity index (χ1) is 9.78. The molecule has 0 amide bonds. The van der Waals surface area contributed by atoms with Gasteiger partial charge in [0, 0.05) is 19.3 Å². The predicted octanol–water partition coefficient (Wildman–Crippen LogP) is 2.96. The number of rotatable bonds is 4. The third-order valence-electron chi connectivity index (χ3n) is 4.01. The minimum atomic E-state index is 0.440. The van der Waals surface area contributed by atoms with Crippen molar-refractivity contribution in [2.45, 2.75) is 38.6 Å². The first kappa shape index (κ1) is 13.8. The van der Waals surface area contributed by atoms with Gasteiger partial charge in [0.05, 0.1) is 5.88 Å². The van der Waals surface area contributed by atoms with Crippen LogP contribution in [-0.2, 0) is 12.4 Å². The number of likely N-dealkylation sites (tertiary alicyclic amines) is 1. The van der Waals surface area contributed by atoms with Crippen LogP contribution in [0.1, 0.15) is 30.7 Å². The minimum Gasteiger partial charge on any atom is -0.310 e. The average Bonchev–Trinajstić information content (AvgIpc) is 2.83. The lowest BCUT2D eigenvalue weighted by molar-refractivity contribution is 0.221. The largest absolute Gasteiger partial charge is 0.310 e. The molecule has 0 N–H and O–H groups in total. The summed E-state index contributed by atoms with van der Waals surface area (Å²) in [4.78, 5) is 11.7. The van der Waals surface area contributed by atoms with Crippen LogP contribution < -0.4 is 0 Å². The van der Waals surface area contributed by atoms with Gasteiger partial charge in [0.1, 0.15) is 11.3 Å². The number of aryl methyl sites for hydroxylation is 1. The van der Waals surface area contributed by atoms with Gasteiger partial charge in [-0.25, -0.2) is 9.97 Å². The van der Waals surface area contributed by atoms with Crippen LogP contribution in [0.15, 0.2) is 12.3 Å². The Morgan fingerprint density at radius 3 is 2.75 bits per heavy atom. The van der Waals surface area contributed by atoms with Gasteiger partial charge in [-0.05, 0) is 44.5 Å². The van der Waals surface area contributed by atoms with Gasteiger partial charge in [0.25, 0.3) is 0 Å². The average molecular weight is 293 g/mol. The van der Waals surface area contributed by atoms with E-state index in [0.717, 1.165) is 35.6 Å². The molecule has 0 spiro atoms. The zero-order valence-electron chi connectivity index (χ0n) is 12.0. The summed E-state index contributed by atoms with van der Waals surface area (Å²) in [6, 6.07) is 2.08. The smallest absolute Gasteiger partial charge is 0.160 e. The molecule has 1 aliphatic heterocycles. The van der Waals surface area contributed by atoms with E-state index in [0.29, 0.717) is 5.88 Å². The number of imidazole rings is 1. The molecule has 108 valence electrons. The number of nitrogens with zero attached hydrogens (tertiary/aromatic N) is 4. The fourth-order valence-corrected chi connectivity index (χ4v) is 3.12. The van der Waals surface area contributed by atoms with Crippen molar-refractivity contribution in [2.75, 3.05) is 19.6 Å². The molecular weight excluding hydrogens is 272 g/mol. The number of alkyl halides is 1. The van der Waals surface area contributed by atoms with Gasteiger partial charge in [-0.1, -0.05) is 6.42 Å².